The van der Waals surface area contributed by atoms with Crippen LogP contribution in [0.15, 0.2) is 12.5 Å². The Morgan fingerprint density at radius 3 is 2.88 bits per heavy atom. The van der Waals surface area contributed by atoms with E-state index in [0.717, 1.165) is 5.69 Å². The van der Waals surface area contributed by atoms with Crippen molar-refractivity contribution < 1.29 is 13.5 Å². The summed E-state index contributed by atoms with van der Waals surface area (Å²) in [5, 5.41) is 8.92. The second-order valence-electron chi connectivity index (χ2n) is 3.78. The SMILES string of the molecule is CS(=O)(=O)CCCn1cncc1C(N)CO. The molecule has 0 amide bonds. The summed E-state index contributed by atoms with van der Waals surface area (Å²) in [5.41, 5.74) is 6.39. The number of hydrogen-bond acceptors (Lipinski definition) is 5. The largest absolute Gasteiger partial charge is 0.394 e. The highest BCUT2D eigenvalue weighted by molar-refractivity contribution is 7.90. The van der Waals surface area contributed by atoms with Crippen molar-refractivity contribution in [3.05, 3.63) is 18.2 Å². The van der Waals surface area contributed by atoms with Gasteiger partial charge in [0.1, 0.15) is 9.84 Å². The van der Waals surface area contributed by atoms with E-state index in [4.69, 9.17) is 10.8 Å². The maximum atomic E-state index is 10.9. The van der Waals surface area contributed by atoms with Crippen molar-refractivity contribution in [1.82, 2.24) is 9.55 Å². The second-order valence-corrected chi connectivity index (χ2v) is 6.04. The lowest BCUT2D eigenvalue weighted by atomic mass is 10.2. The van der Waals surface area contributed by atoms with E-state index in [-0.39, 0.29) is 12.4 Å². The maximum Gasteiger partial charge on any atom is 0.147 e. The predicted octanol–water partition coefficient (Wildman–Crippen LogP) is -0.690. The van der Waals surface area contributed by atoms with Crippen molar-refractivity contribution >= 4 is 9.84 Å². The highest BCUT2D eigenvalue weighted by Gasteiger charge is 2.10. The fourth-order valence-corrected chi connectivity index (χ4v) is 2.07. The zero-order valence-corrected chi connectivity index (χ0v) is 10.0. The number of nitrogens with two attached hydrogens (primary N) is 1. The Morgan fingerprint density at radius 1 is 1.62 bits per heavy atom. The van der Waals surface area contributed by atoms with Gasteiger partial charge in [-0.15, -0.1) is 0 Å². The lowest BCUT2D eigenvalue weighted by Crippen LogP contribution is -2.19. The topological polar surface area (TPSA) is 98.2 Å². The van der Waals surface area contributed by atoms with Crippen LogP contribution in [0.25, 0.3) is 0 Å². The molecule has 16 heavy (non-hydrogen) atoms. The first-order chi connectivity index (χ1) is 7.44. The molecule has 1 aromatic rings. The van der Waals surface area contributed by atoms with Gasteiger partial charge in [0.05, 0.1) is 30.4 Å². The highest BCUT2D eigenvalue weighted by atomic mass is 32.2. The Bertz CT molecular complexity index is 427. The smallest absolute Gasteiger partial charge is 0.147 e. The number of aryl methyl sites for hydroxylation is 1. The molecule has 1 rings (SSSR count). The van der Waals surface area contributed by atoms with Crippen molar-refractivity contribution in [2.24, 2.45) is 5.73 Å². The summed E-state index contributed by atoms with van der Waals surface area (Å²) >= 11 is 0. The van der Waals surface area contributed by atoms with Gasteiger partial charge in [0.25, 0.3) is 0 Å². The number of imidazole rings is 1. The first-order valence-corrected chi connectivity index (χ1v) is 7.04. The molecule has 0 bridgehead atoms. The number of sulfone groups is 1. The third-order valence-corrected chi connectivity index (χ3v) is 3.27. The molecular weight excluding hydrogens is 230 g/mol. The molecule has 0 aromatic carbocycles. The van der Waals surface area contributed by atoms with Crippen molar-refractivity contribution in [3.8, 4) is 0 Å². The quantitative estimate of drug-likeness (QED) is 0.693. The molecule has 7 heteroatoms. The van der Waals surface area contributed by atoms with Crippen molar-refractivity contribution in [1.29, 1.82) is 0 Å². The van der Waals surface area contributed by atoms with E-state index in [1.54, 1.807) is 17.1 Å². The minimum absolute atomic E-state index is 0.138. The third-order valence-electron chi connectivity index (χ3n) is 2.24. The van der Waals surface area contributed by atoms with E-state index in [0.29, 0.717) is 13.0 Å². The molecule has 3 N–H and O–H groups in total. The lowest BCUT2D eigenvalue weighted by molar-refractivity contribution is 0.263. The first-order valence-electron chi connectivity index (χ1n) is 4.98. The lowest BCUT2D eigenvalue weighted by Gasteiger charge is -2.11. The van der Waals surface area contributed by atoms with Crippen LogP contribution in [0.2, 0.25) is 0 Å². The Hall–Kier alpha value is -0.920. The first kappa shape index (κ1) is 13.1. The van der Waals surface area contributed by atoms with E-state index in [9.17, 15) is 8.42 Å². The van der Waals surface area contributed by atoms with Crippen LogP contribution in [0.1, 0.15) is 18.2 Å². The van der Waals surface area contributed by atoms with Crippen LogP contribution in [0.5, 0.6) is 0 Å². The van der Waals surface area contributed by atoms with Gasteiger partial charge in [-0.25, -0.2) is 13.4 Å². The van der Waals surface area contributed by atoms with Crippen molar-refractivity contribution in [2.45, 2.75) is 19.0 Å². The molecule has 0 aliphatic rings. The molecule has 0 fully saturated rings. The molecule has 6 nitrogen and oxygen atoms in total. The van der Waals surface area contributed by atoms with Crippen molar-refractivity contribution in [3.63, 3.8) is 0 Å². The molecule has 1 heterocycles. The number of aromatic nitrogens is 2. The fraction of sp³-hybridized carbons (Fsp3) is 0.667. The molecule has 0 radical (unpaired) electrons. The standard InChI is InChI=1S/C9H17N3O3S/c1-16(14,15)4-2-3-12-7-11-5-9(12)8(10)6-13/h5,7-8,13H,2-4,6,10H2,1H3. The molecule has 0 spiro atoms. The summed E-state index contributed by atoms with van der Waals surface area (Å²) in [6.45, 7) is 0.383. The average molecular weight is 247 g/mol. The zero-order chi connectivity index (χ0) is 12.2. The normalized spacial score (nSPS) is 13.9. The Labute approximate surface area is 95.0 Å². The third kappa shape index (κ3) is 3.92. The van der Waals surface area contributed by atoms with E-state index < -0.39 is 15.9 Å². The summed E-state index contributed by atoms with van der Waals surface area (Å²) in [4.78, 5) is 3.93. The molecular formula is C9H17N3O3S. The Balaban J connectivity index is 2.58. The Kier molecular flexibility index (Phi) is 4.45. The highest BCUT2D eigenvalue weighted by Crippen LogP contribution is 2.09. The molecule has 0 saturated heterocycles. The van der Waals surface area contributed by atoms with Gasteiger partial charge < -0.3 is 15.4 Å². The van der Waals surface area contributed by atoms with Gasteiger partial charge in [-0.05, 0) is 6.42 Å². The molecule has 1 atom stereocenters. The molecule has 0 saturated carbocycles. The predicted molar refractivity (Wildman–Crippen MR) is 60.6 cm³/mol. The van der Waals surface area contributed by atoms with Gasteiger partial charge in [-0.2, -0.15) is 0 Å². The van der Waals surface area contributed by atoms with Gasteiger partial charge in [0.15, 0.2) is 0 Å². The minimum Gasteiger partial charge on any atom is -0.394 e. The van der Waals surface area contributed by atoms with Gasteiger partial charge >= 0.3 is 0 Å². The van der Waals surface area contributed by atoms with Crippen LogP contribution in [-0.4, -0.2) is 41.7 Å². The number of aliphatic hydroxyl groups is 1. The average Bonchev–Trinajstić information content (AvgIpc) is 2.63. The molecule has 92 valence electrons. The van der Waals surface area contributed by atoms with Gasteiger partial charge in [-0.3, -0.25) is 0 Å². The summed E-state index contributed by atoms with van der Waals surface area (Å²) in [6, 6.07) is -0.472. The monoisotopic (exact) mass is 247 g/mol. The van der Waals surface area contributed by atoms with Gasteiger partial charge in [0.2, 0.25) is 0 Å². The van der Waals surface area contributed by atoms with Crippen LogP contribution < -0.4 is 5.73 Å². The van der Waals surface area contributed by atoms with Gasteiger partial charge in [0, 0.05) is 19.0 Å². The summed E-state index contributed by atoms with van der Waals surface area (Å²) in [5.74, 6) is 0.138. The molecule has 1 unspecified atom stereocenters. The van der Waals surface area contributed by atoms with Crippen LogP contribution in [0, 0.1) is 0 Å². The van der Waals surface area contributed by atoms with Gasteiger partial charge in [-0.1, -0.05) is 0 Å². The van der Waals surface area contributed by atoms with Crippen LogP contribution in [0.4, 0.5) is 0 Å². The number of nitrogens with zero attached hydrogens (tertiary/aromatic N) is 2. The van der Waals surface area contributed by atoms with Crippen LogP contribution >= 0.6 is 0 Å². The van der Waals surface area contributed by atoms with Crippen molar-refractivity contribution in [2.75, 3.05) is 18.6 Å². The molecule has 0 aliphatic heterocycles. The summed E-state index contributed by atoms with van der Waals surface area (Å²) in [6.07, 6.45) is 4.90. The Morgan fingerprint density at radius 2 is 2.31 bits per heavy atom. The van der Waals surface area contributed by atoms with E-state index >= 15 is 0 Å². The second kappa shape index (κ2) is 5.42. The molecule has 0 aliphatic carbocycles. The van der Waals surface area contributed by atoms with Crippen LogP contribution in [-0.2, 0) is 16.4 Å². The fourth-order valence-electron chi connectivity index (χ4n) is 1.42. The summed E-state index contributed by atoms with van der Waals surface area (Å²) < 4.78 is 23.7. The maximum absolute atomic E-state index is 10.9. The van der Waals surface area contributed by atoms with E-state index in [1.165, 1.54) is 6.26 Å². The number of rotatable bonds is 6. The molecule has 1 aromatic heterocycles. The number of hydrogen-bond donors (Lipinski definition) is 2. The van der Waals surface area contributed by atoms with Crippen LogP contribution in [0.3, 0.4) is 0 Å². The number of aliphatic hydroxyl groups excluding tert-OH is 1. The van der Waals surface area contributed by atoms with E-state index in [1.807, 2.05) is 0 Å². The minimum atomic E-state index is -2.93. The zero-order valence-electron chi connectivity index (χ0n) is 9.20. The summed E-state index contributed by atoms with van der Waals surface area (Å²) in [7, 11) is -2.93. The van der Waals surface area contributed by atoms with E-state index in [2.05, 4.69) is 4.98 Å².